The molecule has 0 bridgehead atoms. The summed E-state index contributed by atoms with van der Waals surface area (Å²) in [6.45, 7) is 2.16. The van der Waals surface area contributed by atoms with Crippen molar-refractivity contribution in [3.8, 4) is 0 Å². The molecule has 0 atom stereocenters. The number of nitrogens with one attached hydrogen (secondary N) is 2. The van der Waals surface area contributed by atoms with Crippen LogP contribution in [-0.4, -0.2) is 25.9 Å². The number of hydrogen-bond acceptors (Lipinski definition) is 3. The van der Waals surface area contributed by atoms with E-state index in [9.17, 15) is 13.2 Å². The second-order valence-corrected chi connectivity index (χ2v) is 7.52. The topological polar surface area (TPSA) is 79.0 Å². The second-order valence-electron chi connectivity index (χ2n) is 5.19. The lowest BCUT2D eigenvalue weighted by Gasteiger charge is -2.07. The number of rotatable bonds is 4. The molecule has 0 aliphatic carbocycles. The van der Waals surface area contributed by atoms with Crippen molar-refractivity contribution in [1.29, 1.82) is 0 Å². The summed E-state index contributed by atoms with van der Waals surface area (Å²) in [6.07, 6.45) is 0. The Morgan fingerprint density at radius 3 is 2.54 bits per heavy atom. The van der Waals surface area contributed by atoms with E-state index in [0.29, 0.717) is 22.5 Å². The van der Waals surface area contributed by atoms with Gasteiger partial charge in [0, 0.05) is 22.5 Å². The van der Waals surface area contributed by atoms with Gasteiger partial charge in [-0.1, -0.05) is 29.8 Å². The summed E-state index contributed by atoms with van der Waals surface area (Å²) in [7, 11) is -3.88. The van der Waals surface area contributed by atoms with Gasteiger partial charge in [0.1, 0.15) is 10.6 Å². The van der Waals surface area contributed by atoms with Crippen molar-refractivity contribution < 1.29 is 13.2 Å². The van der Waals surface area contributed by atoms with Gasteiger partial charge in [-0.3, -0.25) is 4.79 Å². The number of benzene rings is 2. The standard InChI is InChI=1S/C17H15ClN2O3S/c1-2-19-17(21)15-16(13-10-11(18)8-9-14(13)20-15)24(22,23)12-6-4-3-5-7-12/h3-10,20H,2H2,1H3,(H,19,21). The third-order valence-electron chi connectivity index (χ3n) is 3.60. The van der Waals surface area contributed by atoms with Gasteiger partial charge in [-0.15, -0.1) is 0 Å². The van der Waals surface area contributed by atoms with Gasteiger partial charge in [0.15, 0.2) is 0 Å². The highest BCUT2D eigenvalue weighted by Gasteiger charge is 2.29. The molecule has 7 heteroatoms. The fourth-order valence-corrected chi connectivity index (χ4v) is 4.34. The van der Waals surface area contributed by atoms with Crippen LogP contribution >= 0.6 is 11.6 Å². The molecular weight excluding hydrogens is 348 g/mol. The number of carbonyl (C=O) groups excluding carboxylic acids is 1. The molecule has 1 heterocycles. The SMILES string of the molecule is CCNC(=O)c1[nH]c2ccc(Cl)cc2c1S(=O)(=O)c1ccccc1. The van der Waals surface area contributed by atoms with E-state index in [0.717, 1.165) is 0 Å². The minimum Gasteiger partial charge on any atom is -0.351 e. The molecule has 1 aromatic heterocycles. The van der Waals surface area contributed by atoms with E-state index in [2.05, 4.69) is 10.3 Å². The van der Waals surface area contributed by atoms with Crippen LogP contribution in [0.15, 0.2) is 58.3 Å². The number of fused-ring (bicyclic) bond motifs is 1. The van der Waals surface area contributed by atoms with Gasteiger partial charge in [-0.05, 0) is 37.3 Å². The van der Waals surface area contributed by atoms with Crippen molar-refractivity contribution in [1.82, 2.24) is 10.3 Å². The van der Waals surface area contributed by atoms with E-state index in [1.165, 1.54) is 12.1 Å². The fraction of sp³-hybridized carbons (Fsp3) is 0.118. The number of hydrogen-bond donors (Lipinski definition) is 2. The largest absolute Gasteiger partial charge is 0.351 e. The van der Waals surface area contributed by atoms with Crippen molar-refractivity contribution in [2.75, 3.05) is 6.54 Å². The molecule has 3 aromatic rings. The summed E-state index contributed by atoms with van der Waals surface area (Å²) in [5, 5.41) is 3.43. The molecule has 0 unspecified atom stereocenters. The maximum atomic E-state index is 13.1. The molecule has 0 aliphatic heterocycles. The molecule has 2 aromatic carbocycles. The maximum Gasteiger partial charge on any atom is 0.269 e. The Bertz CT molecular complexity index is 1010. The molecule has 0 radical (unpaired) electrons. The number of aromatic nitrogens is 1. The first kappa shape index (κ1) is 16.5. The number of halogens is 1. The van der Waals surface area contributed by atoms with Gasteiger partial charge < -0.3 is 10.3 Å². The molecule has 5 nitrogen and oxygen atoms in total. The van der Waals surface area contributed by atoms with E-state index in [1.807, 2.05) is 0 Å². The van der Waals surface area contributed by atoms with Crippen LogP contribution in [0.4, 0.5) is 0 Å². The molecule has 0 saturated carbocycles. The van der Waals surface area contributed by atoms with E-state index in [4.69, 9.17) is 11.6 Å². The normalized spacial score (nSPS) is 11.6. The third-order valence-corrected chi connectivity index (χ3v) is 5.69. The molecule has 0 saturated heterocycles. The molecule has 2 N–H and O–H groups in total. The van der Waals surface area contributed by atoms with Gasteiger partial charge in [0.25, 0.3) is 5.91 Å². The molecule has 24 heavy (non-hydrogen) atoms. The van der Waals surface area contributed by atoms with Gasteiger partial charge >= 0.3 is 0 Å². The van der Waals surface area contributed by atoms with Gasteiger partial charge in [0.05, 0.1) is 4.90 Å². The lowest BCUT2D eigenvalue weighted by molar-refractivity contribution is 0.0948. The Morgan fingerprint density at radius 2 is 1.88 bits per heavy atom. The molecule has 0 fully saturated rings. The summed E-state index contributed by atoms with van der Waals surface area (Å²) in [5.41, 5.74) is 0.549. The van der Waals surface area contributed by atoms with E-state index >= 15 is 0 Å². The van der Waals surface area contributed by atoms with Gasteiger partial charge in [-0.2, -0.15) is 0 Å². The average Bonchev–Trinajstić information content (AvgIpc) is 2.95. The smallest absolute Gasteiger partial charge is 0.269 e. The zero-order chi connectivity index (χ0) is 17.3. The lowest BCUT2D eigenvalue weighted by atomic mass is 10.2. The van der Waals surface area contributed by atoms with Crippen LogP contribution in [0.2, 0.25) is 5.02 Å². The highest BCUT2D eigenvalue weighted by Crippen LogP contribution is 2.33. The van der Waals surface area contributed by atoms with Crippen molar-refractivity contribution in [3.05, 3.63) is 59.2 Å². The number of sulfone groups is 1. The first-order valence-electron chi connectivity index (χ1n) is 7.34. The molecular formula is C17H15ClN2O3S. The lowest BCUT2D eigenvalue weighted by Crippen LogP contribution is -2.24. The maximum absolute atomic E-state index is 13.1. The number of aromatic amines is 1. The van der Waals surface area contributed by atoms with Crippen molar-refractivity contribution in [3.63, 3.8) is 0 Å². The molecule has 124 valence electrons. The number of carbonyl (C=O) groups is 1. The molecule has 0 aliphatic rings. The summed E-state index contributed by atoms with van der Waals surface area (Å²) < 4.78 is 26.2. The predicted octanol–water partition coefficient (Wildman–Crippen LogP) is 3.40. The van der Waals surface area contributed by atoms with Crippen LogP contribution in [0, 0.1) is 0 Å². The zero-order valence-electron chi connectivity index (χ0n) is 12.8. The minimum absolute atomic E-state index is 0.0120. The number of H-pyrrole nitrogens is 1. The monoisotopic (exact) mass is 362 g/mol. The van der Waals surface area contributed by atoms with Crippen LogP contribution in [0.25, 0.3) is 10.9 Å². The van der Waals surface area contributed by atoms with Crippen LogP contribution in [0.5, 0.6) is 0 Å². The minimum atomic E-state index is -3.88. The predicted molar refractivity (Wildman–Crippen MR) is 93.2 cm³/mol. The van der Waals surface area contributed by atoms with Crippen LogP contribution in [0.3, 0.4) is 0 Å². The average molecular weight is 363 g/mol. The summed E-state index contributed by atoms with van der Waals surface area (Å²) >= 11 is 6.03. The van der Waals surface area contributed by atoms with Crippen LogP contribution < -0.4 is 5.32 Å². The fourth-order valence-electron chi connectivity index (χ4n) is 2.54. The Kier molecular flexibility index (Phi) is 4.34. The summed E-state index contributed by atoms with van der Waals surface area (Å²) in [4.78, 5) is 15.3. The van der Waals surface area contributed by atoms with Crippen molar-refractivity contribution in [2.24, 2.45) is 0 Å². The molecule has 1 amide bonds. The van der Waals surface area contributed by atoms with E-state index in [1.54, 1.807) is 43.3 Å². The van der Waals surface area contributed by atoms with Crippen molar-refractivity contribution in [2.45, 2.75) is 16.7 Å². The Labute approximate surface area is 144 Å². The van der Waals surface area contributed by atoms with Crippen molar-refractivity contribution >= 4 is 38.2 Å². The Balaban J connectivity index is 2.34. The third kappa shape index (κ3) is 2.79. The zero-order valence-corrected chi connectivity index (χ0v) is 14.4. The Morgan fingerprint density at radius 1 is 1.17 bits per heavy atom. The highest BCUT2D eigenvalue weighted by molar-refractivity contribution is 7.91. The van der Waals surface area contributed by atoms with E-state index in [-0.39, 0.29) is 15.5 Å². The summed E-state index contributed by atoms with van der Waals surface area (Å²) in [5.74, 6) is -0.473. The van der Waals surface area contributed by atoms with Crippen LogP contribution in [0.1, 0.15) is 17.4 Å². The summed E-state index contributed by atoms with van der Waals surface area (Å²) in [6, 6.07) is 12.9. The first-order chi connectivity index (χ1) is 11.4. The quantitative estimate of drug-likeness (QED) is 0.746. The van der Waals surface area contributed by atoms with Gasteiger partial charge in [-0.25, -0.2) is 8.42 Å². The Hall–Kier alpha value is -2.31. The van der Waals surface area contributed by atoms with Gasteiger partial charge in [0.2, 0.25) is 9.84 Å². The molecule has 0 spiro atoms. The number of amides is 1. The van der Waals surface area contributed by atoms with Crippen LogP contribution in [-0.2, 0) is 9.84 Å². The second kappa shape index (κ2) is 6.30. The molecule has 3 rings (SSSR count). The van der Waals surface area contributed by atoms with E-state index < -0.39 is 15.7 Å². The first-order valence-corrected chi connectivity index (χ1v) is 9.21. The highest BCUT2D eigenvalue weighted by atomic mass is 35.5.